The summed E-state index contributed by atoms with van der Waals surface area (Å²) in [4.78, 5) is 0. The molecule has 0 spiro atoms. The van der Waals surface area contributed by atoms with Gasteiger partial charge in [-0.05, 0) is 73.9 Å². The summed E-state index contributed by atoms with van der Waals surface area (Å²) in [6.07, 6.45) is 6.30. The molecule has 0 N–H and O–H groups in total. The summed E-state index contributed by atoms with van der Waals surface area (Å²) >= 11 is 0. The smallest absolute Gasteiger partial charge is 0.217 e. The lowest BCUT2D eigenvalue weighted by Gasteiger charge is -2.31. The van der Waals surface area contributed by atoms with Gasteiger partial charge in [-0.25, -0.2) is 26.2 Å². The zero-order chi connectivity index (χ0) is 25.7. The van der Waals surface area contributed by atoms with Gasteiger partial charge in [0.2, 0.25) is 10.0 Å². The minimum atomic E-state index is -3.41. The first kappa shape index (κ1) is 24.5. The van der Waals surface area contributed by atoms with Crippen LogP contribution >= 0.6 is 0 Å². The number of aromatic nitrogens is 2. The molecule has 6 rings (SSSR count). The van der Waals surface area contributed by atoms with Crippen LogP contribution in [0.15, 0.2) is 65.9 Å². The molecule has 37 heavy (non-hydrogen) atoms. The second kappa shape index (κ2) is 9.48. The Morgan fingerprint density at radius 3 is 2.54 bits per heavy atom. The summed E-state index contributed by atoms with van der Waals surface area (Å²) in [5.41, 5.74) is 6.37. The Bertz CT molecular complexity index is 1460. The summed E-state index contributed by atoms with van der Waals surface area (Å²) in [6, 6.07) is 13.0. The van der Waals surface area contributed by atoms with Crippen molar-refractivity contribution in [3.63, 3.8) is 0 Å². The third-order valence-electron chi connectivity index (χ3n) is 8.25. The second-order valence-electron chi connectivity index (χ2n) is 10.6. The minimum absolute atomic E-state index is 0.137. The number of hydrogen-bond donors (Lipinski definition) is 0. The van der Waals surface area contributed by atoms with Crippen LogP contribution in [-0.4, -0.2) is 40.8 Å². The molecule has 3 aliphatic rings. The molecule has 0 radical (unpaired) electrons. The number of rotatable bonds is 8. The largest absolute Gasteiger partial charge is 0.237 e. The maximum atomic E-state index is 14.3. The van der Waals surface area contributed by atoms with E-state index in [9.17, 15) is 17.2 Å². The molecule has 0 amide bonds. The van der Waals surface area contributed by atoms with Gasteiger partial charge in [-0.3, -0.25) is 0 Å². The molecule has 1 aromatic heterocycles. The Morgan fingerprint density at radius 2 is 1.81 bits per heavy atom. The number of sulfonamides is 1. The molecule has 1 saturated carbocycles. The molecule has 3 aliphatic carbocycles. The number of halogens is 2. The molecule has 2 atom stereocenters. The fraction of sp³-hybridized carbons (Fsp3) is 0.414. The molecule has 194 valence electrons. The molecular formula is C29H31F2N3O2S. The summed E-state index contributed by atoms with van der Waals surface area (Å²) in [5, 5.41) is 4.33. The quantitative estimate of drug-likeness (QED) is 0.364. The fourth-order valence-electron chi connectivity index (χ4n) is 6.17. The predicted molar refractivity (Wildman–Crippen MR) is 139 cm³/mol. The van der Waals surface area contributed by atoms with Crippen molar-refractivity contribution >= 4 is 10.0 Å². The van der Waals surface area contributed by atoms with Crippen LogP contribution in [0.4, 0.5) is 8.78 Å². The van der Waals surface area contributed by atoms with E-state index in [0.29, 0.717) is 37.9 Å². The lowest BCUT2D eigenvalue weighted by Crippen LogP contribution is -2.39. The van der Waals surface area contributed by atoms with Crippen molar-refractivity contribution in [2.75, 3.05) is 13.1 Å². The fourth-order valence-corrected chi connectivity index (χ4v) is 8.05. The lowest BCUT2D eigenvalue weighted by atomic mass is 9.80. The highest BCUT2D eigenvalue weighted by Gasteiger charge is 2.43. The van der Waals surface area contributed by atoms with E-state index < -0.39 is 10.0 Å². The standard InChI is InChI=1S/C29H31F2N3O2S/c1-19-26-17-32-34(24-10-8-23(30)9-11-24)28(26)16-21-6-7-22(29(19)21)18-33(37(35,36)25-12-13-25)15-14-20-4-2-3-5-27(20)31/h2-5,8-11,17,19,22,25H,6-7,12-16,18H2,1H3/t19-,22+/m0/s1. The highest BCUT2D eigenvalue weighted by Crippen LogP contribution is 2.48. The SMILES string of the molecule is C[C@@H]1C2=C(CC[C@@H]2CN(CCc2ccccc2F)S(=O)(=O)C2CC2)Cc2c1cnn2-c1ccc(F)cc1. The molecule has 2 aromatic carbocycles. The van der Waals surface area contributed by atoms with E-state index in [2.05, 4.69) is 12.0 Å². The lowest BCUT2D eigenvalue weighted by molar-refractivity contribution is 0.358. The molecule has 8 heteroatoms. The van der Waals surface area contributed by atoms with Crippen molar-refractivity contribution in [3.8, 4) is 5.69 Å². The molecule has 3 aromatic rings. The van der Waals surface area contributed by atoms with Gasteiger partial charge in [0.15, 0.2) is 0 Å². The van der Waals surface area contributed by atoms with E-state index in [1.807, 2.05) is 10.9 Å². The topological polar surface area (TPSA) is 55.2 Å². The summed E-state index contributed by atoms with van der Waals surface area (Å²) in [7, 11) is -3.41. The van der Waals surface area contributed by atoms with Crippen LogP contribution < -0.4 is 0 Å². The Kier molecular flexibility index (Phi) is 6.27. The number of fused-ring (bicyclic) bond motifs is 1. The third-order valence-corrected chi connectivity index (χ3v) is 10.6. The van der Waals surface area contributed by atoms with Gasteiger partial charge in [-0.15, -0.1) is 0 Å². The van der Waals surface area contributed by atoms with E-state index in [4.69, 9.17) is 0 Å². The van der Waals surface area contributed by atoms with Gasteiger partial charge in [0, 0.05) is 31.0 Å². The Balaban J connectivity index is 1.25. The van der Waals surface area contributed by atoms with E-state index in [1.165, 1.54) is 29.3 Å². The zero-order valence-electron chi connectivity index (χ0n) is 20.9. The minimum Gasteiger partial charge on any atom is -0.237 e. The van der Waals surface area contributed by atoms with Gasteiger partial charge in [0.05, 0.1) is 22.8 Å². The van der Waals surface area contributed by atoms with Crippen LogP contribution in [0.2, 0.25) is 0 Å². The van der Waals surface area contributed by atoms with Crippen molar-refractivity contribution in [2.45, 2.75) is 56.6 Å². The first-order chi connectivity index (χ1) is 17.8. The first-order valence-electron chi connectivity index (χ1n) is 13.1. The maximum Gasteiger partial charge on any atom is 0.217 e. The van der Waals surface area contributed by atoms with Crippen LogP contribution in [0.25, 0.3) is 5.69 Å². The van der Waals surface area contributed by atoms with Crippen molar-refractivity contribution in [1.82, 2.24) is 14.1 Å². The second-order valence-corrected chi connectivity index (χ2v) is 12.8. The average Bonchev–Trinajstić information content (AvgIpc) is 3.55. The predicted octanol–water partition coefficient (Wildman–Crippen LogP) is 5.55. The van der Waals surface area contributed by atoms with Crippen LogP contribution in [0.1, 0.15) is 55.3 Å². The first-order valence-corrected chi connectivity index (χ1v) is 14.6. The Labute approximate surface area is 216 Å². The highest BCUT2D eigenvalue weighted by atomic mass is 32.2. The van der Waals surface area contributed by atoms with E-state index in [1.54, 1.807) is 34.6 Å². The number of allylic oxidation sites excluding steroid dienone is 1. The van der Waals surface area contributed by atoms with E-state index >= 15 is 0 Å². The van der Waals surface area contributed by atoms with Gasteiger partial charge < -0.3 is 0 Å². The van der Waals surface area contributed by atoms with Gasteiger partial charge in [-0.1, -0.05) is 36.3 Å². The van der Waals surface area contributed by atoms with Gasteiger partial charge >= 0.3 is 0 Å². The number of hydrogen-bond acceptors (Lipinski definition) is 3. The molecule has 0 saturated heterocycles. The molecule has 0 aliphatic heterocycles. The van der Waals surface area contributed by atoms with Crippen molar-refractivity contribution in [2.24, 2.45) is 5.92 Å². The van der Waals surface area contributed by atoms with Gasteiger partial charge in [-0.2, -0.15) is 5.10 Å². The van der Waals surface area contributed by atoms with Crippen molar-refractivity contribution in [1.29, 1.82) is 0 Å². The summed E-state index contributed by atoms with van der Waals surface area (Å²) in [6.45, 7) is 2.92. The van der Waals surface area contributed by atoms with Crippen molar-refractivity contribution < 1.29 is 17.2 Å². The molecular weight excluding hydrogens is 492 g/mol. The van der Waals surface area contributed by atoms with Crippen LogP contribution in [-0.2, 0) is 22.9 Å². The van der Waals surface area contributed by atoms with Crippen LogP contribution in [0.3, 0.4) is 0 Å². The maximum absolute atomic E-state index is 14.3. The average molecular weight is 524 g/mol. The zero-order valence-corrected chi connectivity index (χ0v) is 21.7. The number of nitrogens with zero attached hydrogens (tertiary/aromatic N) is 3. The molecule has 1 heterocycles. The van der Waals surface area contributed by atoms with Gasteiger partial charge in [0.25, 0.3) is 0 Å². The van der Waals surface area contributed by atoms with Crippen LogP contribution in [0.5, 0.6) is 0 Å². The molecule has 0 bridgehead atoms. The molecule has 1 fully saturated rings. The normalized spacial score (nSPS) is 21.4. The number of benzene rings is 2. The molecule has 0 unspecified atom stereocenters. The Hall–Kier alpha value is -2.84. The van der Waals surface area contributed by atoms with Crippen molar-refractivity contribution in [3.05, 3.63) is 94.3 Å². The van der Waals surface area contributed by atoms with E-state index in [-0.39, 0.29) is 28.7 Å². The molecule has 5 nitrogen and oxygen atoms in total. The highest BCUT2D eigenvalue weighted by molar-refractivity contribution is 7.90. The van der Waals surface area contributed by atoms with Gasteiger partial charge in [0.1, 0.15) is 11.6 Å². The monoisotopic (exact) mass is 523 g/mol. The third kappa shape index (κ3) is 4.55. The Morgan fingerprint density at radius 1 is 1.05 bits per heavy atom. The summed E-state index contributed by atoms with van der Waals surface area (Å²) < 4.78 is 58.0. The van der Waals surface area contributed by atoms with E-state index in [0.717, 1.165) is 36.2 Å². The van der Waals surface area contributed by atoms with Crippen LogP contribution in [0, 0.1) is 17.6 Å². The summed E-state index contributed by atoms with van der Waals surface area (Å²) in [5.74, 6) is -0.287.